The van der Waals surface area contributed by atoms with Gasteiger partial charge in [-0.2, -0.15) is 0 Å². The van der Waals surface area contributed by atoms with Crippen LogP contribution in [0.3, 0.4) is 0 Å². The zero-order valence-electron chi connectivity index (χ0n) is 17.9. The summed E-state index contributed by atoms with van der Waals surface area (Å²) in [4.78, 5) is 14.6. The Hall–Kier alpha value is -2.73. The van der Waals surface area contributed by atoms with E-state index in [1.165, 1.54) is 5.56 Å². The number of hydrogen-bond donors (Lipinski definition) is 1. The molecule has 6 nitrogen and oxygen atoms in total. The fourth-order valence-corrected chi connectivity index (χ4v) is 4.85. The number of likely N-dealkylation sites (tertiary alicyclic amines) is 1. The minimum absolute atomic E-state index is 0.0571. The highest BCUT2D eigenvalue weighted by molar-refractivity contribution is 5.97. The third-order valence-electron chi connectivity index (χ3n) is 6.42. The summed E-state index contributed by atoms with van der Waals surface area (Å²) >= 11 is 0. The van der Waals surface area contributed by atoms with Gasteiger partial charge in [0, 0.05) is 24.6 Å². The van der Waals surface area contributed by atoms with E-state index >= 15 is 0 Å². The Morgan fingerprint density at radius 2 is 1.67 bits per heavy atom. The molecule has 0 aromatic heterocycles. The molecule has 1 N–H and O–H groups in total. The molecule has 0 unspecified atom stereocenters. The van der Waals surface area contributed by atoms with Crippen molar-refractivity contribution < 1.29 is 19.0 Å². The number of nitrogens with one attached hydrogen (secondary N) is 1. The summed E-state index contributed by atoms with van der Waals surface area (Å²) in [5.41, 5.74) is 3.20. The Bertz CT molecular complexity index is 881. The summed E-state index contributed by atoms with van der Waals surface area (Å²) in [7, 11) is 4.91. The number of carbonyl (C=O) groups excluding carboxylic acids is 1. The van der Waals surface area contributed by atoms with Crippen LogP contribution in [0.15, 0.2) is 36.4 Å². The van der Waals surface area contributed by atoms with Crippen LogP contribution in [0.4, 0.5) is 0 Å². The standard InChI is InChI=1S/C24H30N2O4/c1-28-21-12-16(13-22(29-2)23(21)30-3)15-26-10-8-17(9-11-26)20-14-25-24(27)19-7-5-4-6-18(19)20/h4-7,12-13,17,20H,8-11,14-15H2,1-3H3,(H,25,27)/t20-/m1/s1. The number of hydrogen-bond acceptors (Lipinski definition) is 5. The number of nitrogens with zero attached hydrogens (tertiary/aromatic N) is 1. The molecule has 0 bridgehead atoms. The van der Waals surface area contributed by atoms with Crippen molar-refractivity contribution in [2.45, 2.75) is 25.3 Å². The second-order valence-corrected chi connectivity index (χ2v) is 8.05. The van der Waals surface area contributed by atoms with Crippen molar-refractivity contribution in [3.8, 4) is 17.2 Å². The van der Waals surface area contributed by atoms with Gasteiger partial charge in [0.2, 0.25) is 5.75 Å². The molecule has 2 heterocycles. The molecule has 1 fully saturated rings. The molecule has 30 heavy (non-hydrogen) atoms. The molecular weight excluding hydrogens is 380 g/mol. The molecule has 4 rings (SSSR count). The number of carbonyl (C=O) groups is 1. The number of benzene rings is 2. The SMILES string of the molecule is COc1cc(CN2CCC([C@H]3CNC(=O)c4ccccc43)CC2)cc(OC)c1OC. The highest BCUT2D eigenvalue weighted by Gasteiger charge is 2.33. The molecule has 2 aromatic carbocycles. The van der Waals surface area contributed by atoms with Gasteiger partial charge in [0.15, 0.2) is 11.5 Å². The van der Waals surface area contributed by atoms with Crippen LogP contribution in [-0.4, -0.2) is 51.8 Å². The van der Waals surface area contributed by atoms with Gasteiger partial charge in [-0.1, -0.05) is 18.2 Å². The van der Waals surface area contributed by atoms with Crippen molar-refractivity contribution >= 4 is 5.91 Å². The lowest BCUT2D eigenvalue weighted by molar-refractivity contribution is 0.0922. The minimum atomic E-state index is 0.0571. The smallest absolute Gasteiger partial charge is 0.251 e. The summed E-state index contributed by atoms with van der Waals surface area (Å²) in [6.45, 7) is 3.66. The number of ether oxygens (including phenoxy) is 3. The zero-order valence-corrected chi connectivity index (χ0v) is 17.9. The molecule has 0 spiro atoms. The van der Waals surface area contributed by atoms with E-state index in [-0.39, 0.29) is 5.91 Å². The van der Waals surface area contributed by atoms with Gasteiger partial charge in [0.05, 0.1) is 21.3 Å². The first kappa shape index (κ1) is 20.5. The maximum atomic E-state index is 12.2. The Kier molecular flexibility index (Phi) is 6.13. The summed E-state index contributed by atoms with van der Waals surface area (Å²) in [6, 6.07) is 12.1. The molecule has 2 aliphatic heterocycles. The Morgan fingerprint density at radius 3 is 2.30 bits per heavy atom. The monoisotopic (exact) mass is 410 g/mol. The van der Waals surface area contributed by atoms with Crippen LogP contribution >= 0.6 is 0 Å². The van der Waals surface area contributed by atoms with Crippen LogP contribution < -0.4 is 19.5 Å². The first-order valence-corrected chi connectivity index (χ1v) is 10.5. The van der Waals surface area contributed by atoms with Gasteiger partial charge in [-0.15, -0.1) is 0 Å². The first-order valence-electron chi connectivity index (χ1n) is 10.5. The number of amides is 1. The van der Waals surface area contributed by atoms with E-state index in [4.69, 9.17) is 14.2 Å². The van der Waals surface area contributed by atoms with Crippen molar-refractivity contribution in [3.63, 3.8) is 0 Å². The van der Waals surface area contributed by atoms with E-state index in [0.29, 0.717) is 29.1 Å². The number of rotatable bonds is 6. The maximum absolute atomic E-state index is 12.2. The average Bonchev–Trinajstić information content (AvgIpc) is 2.79. The molecule has 0 aliphatic carbocycles. The second-order valence-electron chi connectivity index (χ2n) is 8.05. The zero-order chi connectivity index (χ0) is 21.1. The molecule has 1 amide bonds. The van der Waals surface area contributed by atoms with Gasteiger partial charge >= 0.3 is 0 Å². The van der Waals surface area contributed by atoms with Crippen LogP contribution in [0.2, 0.25) is 0 Å². The third-order valence-corrected chi connectivity index (χ3v) is 6.42. The second kappa shape index (κ2) is 8.96. The van der Waals surface area contributed by atoms with E-state index in [2.05, 4.69) is 16.3 Å². The van der Waals surface area contributed by atoms with Crippen LogP contribution in [-0.2, 0) is 6.54 Å². The van der Waals surface area contributed by atoms with Crippen molar-refractivity contribution in [1.82, 2.24) is 10.2 Å². The molecule has 6 heteroatoms. The minimum Gasteiger partial charge on any atom is -0.493 e. The van der Waals surface area contributed by atoms with Crippen LogP contribution in [0.25, 0.3) is 0 Å². The van der Waals surface area contributed by atoms with Gasteiger partial charge in [-0.3, -0.25) is 9.69 Å². The lowest BCUT2D eigenvalue weighted by atomic mass is 9.76. The van der Waals surface area contributed by atoms with Crippen LogP contribution in [0, 0.1) is 5.92 Å². The average molecular weight is 411 g/mol. The van der Waals surface area contributed by atoms with E-state index in [0.717, 1.165) is 50.1 Å². The van der Waals surface area contributed by atoms with Gasteiger partial charge in [0.1, 0.15) is 0 Å². The van der Waals surface area contributed by atoms with Crippen molar-refractivity contribution in [2.24, 2.45) is 5.92 Å². The topological polar surface area (TPSA) is 60.0 Å². The van der Waals surface area contributed by atoms with Gasteiger partial charge < -0.3 is 19.5 Å². The van der Waals surface area contributed by atoms with Crippen molar-refractivity contribution in [1.29, 1.82) is 0 Å². The molecule has 160 valence electrons. The highest BCUT2D eigenvalue weighted by Crippen LogP contribution is 2.39. The molecule has 1 saturated heterocycles. The van der Waals surface area contributed by atoms with E-state index in [9.17, 15) is 4.79 Å². The molecular formula is C24H30N2O4. The normalized spacial score (nSPS) is 19.7. The number of piperidine rings is 1. The first-order chi connectivity index (χ1) is 14.6. The highest BCUT2D eigenvalue weighted by atomic mass is 16.5. The predicted octanol–water partition coefficient (Wildman–Crippen LogP) is 3.45. The Balaban J connectivity index is 1.42. The van der Waals surface area contributed by atoms with Crippen molar-refractivity contribution in [3.05, 3.63) is 53.1 Å². The molecule has 0 radical (unpaired) electrons. The van der Waals surface area contributed by atoms with E-state index in [1.807, 2.05) is 30.3 Å². The summed E-state index contributed by atoms with van der Waals surface area (Å²) in [5, 5.41) is 3.08. The summed E-state index contributed by atoms with van der Waals surface area (Å²) < 4.78 is 16.4. The summed E-state index contributed by atoms with van der Waals surface area (Å²) in [6.07, 6.45) is 2.25. The Morgan fingerprint density at radius 1 is 1.00 bits per heavy atom. The number of fused-ring (bicyclic) bond motifs is 1. The summed E-state index contributed by atoms with van der Waals surface area (Å²) in [5.74, 6) is 3.06. The largest absolute Gasteiger partial charge is 0.493 e. The Labute approximate surface area is 178 Å². The number of methoxy groups -OCH3 is 3. The maximum Gasteiger partial charge on any atom is 0.251 e. The van der Waals surface area contributed by atoms with Crippen molar-refractivity contribution in [2.75, 3.05) is 41.0 Å². The molecule has 1 atom stereocenters. The van der Waals surface area contributed by atoms with E-state index in [1.54, 1.807) is 21.3 Å². The van der Waals surface area contributed by atoms with Gasteiger partial charge in [-0.25, -0.2) is 0 Å². The van der Waals surface area contributed by atoms with Gasteiger partial charge in [-0.05, 0) is 61.2 Å². The fraction of sp³-hybridized carbons (Fsp3) is 0.458. The predicted molar refractivity (Wildman–Crippen MR) is 116 cm³/mol. The lowest BCUT2D eigenvalue weighted by Gasteiger charge is -2.38. The van der Waals surface area contributed by atoms with Crippen LogP contribution in [0.1, 0.15) is 40.2 Å². The third kappa shape index (κ3) is 3.97. The molecule has 0 saturated carbocycles. The molecule has 2 aliphatic rings. The van der Waals surface area contributed by atoms with Gasteiger partial charge in [0.25, 0.3) is 5.91 Å². The van der Waals surface area contributed by atoms with Crippen LogP contribution in [0.5, 0.6) is 17.2 Å². The fourth-order valence-electron chi connectivity index (χ4n) is 4.85. The lowest BCUT2D eigenvalue weighted by Crippen LogP contribution is -2.42. The molecule has 2 aromatic rings. The van der Waals surface area contributed by atoms with E-state index < -0.39 is 0 Å². The quantitative estimate of drug-likeness (QED) is 0.790.